The van der Waals surface area contributed by atoms with Crippen molar-refractivity contribution >= 4 is 0 Å². The normalized spacial score (nSPS) is 28.0. The average molecular weight is 411 g/mol. The number of hydrogen-bond donors (Lipinski definition) is 1. The molecule has 0 atom stereocenters. The largest absolute Gasteiger partial charge is 0.376 e. The van der Waals surface area contributed by atoms with Gasteiger partial charge in [-0.3, -0.25) is 0 Å². The van der Waals surface area contributed by atoms with Crippen LogP contribution < -0.4 is 5.32 Å². The SMILES string of the molecule is C1=C(C2CCCCCCC2)C=C(C2CCCCCCC2)N[C]1C1CCCCCCC1. The van der Waals surface area contributed by atoms with E-state index < -0.39 is 0 Å². The predicted octanol–water partition coefficient (Wildman–Crippen LogP) is 9.01. The number of rotatable bonds is 3. The van der Waals surface area contributed by atoms with Gasteiger partial charge in [-0.25, -0.2) is 0 Å². The fourth-order valence-electron chi connectivity index (χ4n) is 6.64. The molecule has 169 valence electrons. The van der Waals surface area contributed by atoms with E-state index in [4.69, 9.17) is 0 Å². The van der Waals surface area contributed by atoms with Gasteiger partial charge in [0, 0.05) is 5.70 Å². The zero-order valence-electron chi connectivity index (χ0n) is 19.7. The van der Waals surface area contributed by atoms with E-state index in [0.29, 0.717) is 0 Å². The van der Waals surface area contributed by atoms with Crippen molar-refractivity contribution in [1.82, 2.24) is 5.32 Å². The molecule has 4 aliphatic rings. The fourth-order valence-corrected chi connectivity index (χ4v) is 6.64. The number of allylic oxidation sites excluding steroid dienone is 3. The summed E-state index contributed by atoms with van der Waals surface area (Å²) >= 11 is 0. The van der Waals surface area contributed by atoms with Crippen LogP contribution in [0.25, 0.3) is 0 Å². The second-order valence-electron chi connectivity index (χ2n) is 11.0. The summed E-state index contributed by atoms with van der Waals surface area (Å²) < 4.78 is 0. The molecule has 3 aliphatic carbocycles. The first-order valence-corrected chi connectivity index (χ1v) is 14.0. The highest BCUT2D eigenvalue weighted by Crippen LogP contribution is 2.39. The van der Waals surface area contributed by atoms with Gasteiger partial charge in [-0.15, -0.1) is 0 Å². The Bertz CT molecular complexity index is 535. The second-order valence-corrected chi connectivity index (χ2v) is 11.0. The summed E-state index contributed by atoms with van der Waals surface area (Å²) in [5, 5.41) is 4.09. The Balaban J connectivity index is 1.53. The van der Waals surface area contributed by atoms with E-state index in [1.807, 2.05) is 0 Å². The van der Waals surface area contributed by atoms with Gasteiger partial charge >= 0.3 is 0 Å². The van der Waals surface area contributed by atoms with E-state index in [0.717, 1.165) is 17.8 Å². The zero-order valence-corrected chi connectivity index (χ0v) is 19.7. The number of nitrogens with one attached hydrogen (secondary N) is 1. The molecule has 0 aromatic carbocycles. The molecule has 1 nitrogen and oxygen atoms in total. The van der Waals surface area contributed by atoms with Crippen LogP contribution in [0.2, 0.25) is 0 Å². The van der Waals surface area contributed by atoms with Crippen molar-refractivity contribution in [3.8, 4) is 0 Å². The third-order valence-corrected chi connectivity index (χ3v) is 8.60. The van der Waals surface area contributed by atoms with Gasteiger partial charge < -0.3 is 5.32 Å². The molecule has 0 aromatic rings. The molecule has 0 unspecified atom stereocenters. The van der Waals surface area contributed by atoms with Crippen LogP contribution in [0, 0.1) is 23.8 Å². The van der Waals surface area contributed by atoms with Crippen LogP contribution >= 0.6 is 0 Å². The standard InChI is InChI=1S/C29H48N/c1-4-10-16-24(17-11-5-1)27-22-28(25-18-12-6-2-7-13-19-25)30-29(23-27)26-20-14-8-3-9-15-21-26/h22-26,30H,1-21H2. The lowest BCUT2D eigenvalue weighted by Crippen LogP contribution is -2.33. The van der Waals surface area contributed by atoms with Gasteiger partial charge in [0.15, 0.2) is 0 Å². The highest BCUT2D eigenvalue weighted by molar-refractivity contribution is 5.38. The van der Waals surface area contributed by atoms with Crippen molar-refractivity contribution in [2.75, 3.05) is 0 Å². The summed E-state index contributed by atoms with van der Waals surface area (Å²) in [5.74, 6) is 2.39. The molecule has 1 aliphatic heterocycles. The van der Waals surface area contributed by atoms with Crippen molar-refractivity contribution in [2.45, 2.75) is 135 Å². The molecule has 0 aromatic heterocycles. The molecule has 0 saturated heterocycles. The minimum Gasteiger partial charge on any atom is -0.376 e. The Kier molecular flexibility index (Phi) is 9.25. The lowest BCUT2D eigenvalue weighted by Gasteiger charge is -2.36. The summed E-state index contributed by atoms with van der Waals surface area (Å²) in [6.45, 7) is 0. The molecule has 1 heterocycles. The zero-order chi connectivity index (χ0) is 20.4. The first-order chi connectivity index (χ1) is 14.9. The van der Waals surface area contributed by atoms with E-state index in [2.05, 4.69) is 17.5 Å². The Morgan fingerprint density at radius 3 is 1.33 bits per heavy atom. The van der Waals surface area contributed by atoms with Crippen molar-refractivity contribution in [3.05, 3.63) is 29.5 Å². The third kappa shape index (κ3) is 6.64. The fraction of sp³-hybridized carbons (Fsp3) is 0.828. The molecule has 1 radical (unpaired) electrons. The monoisotopic (exact) mass is 410 g/mol. The highest BCUT2D eigenvalue weighted by atomic mass is 14.9. The maximum atomic E-state index is 4.09. The molecule has 4 rings (SSSR count). The quantitative estimate of drug-likeness (QED) is 0.489. The Morgan fingerprint density at radius 2 is 0.833 bits per heavy atom. The van der Waals surface area contributed by atoms with Crippen LogP contribution in [0.5, 0.6) is 0 Å². The van der Waals surface area contributed by atoms with Crippen LogP contribution in [0.3, 0.4) is 0 Å². The van der Waals surface area contributed by atoms with Gasteiger partial charge in [0.25, 0.3) is 0 Å². The van der Waals surface area contributed by atoms with Crippen LogP contribution in [-0.2, 0) is 0 Å². The Morgan fingerprint density at radius 1 is 0.433 bits per heavy atom. The van der Waals surface area contributed by atoms with Crippen molar-refractivity contribution in [1.29, 1.82) is 0 Å². The molecule has 30 heavy (non-hydrogen) atoms. The van der Waals surface area contributed by atoms with Gasteiger partial charge in [0.1, 0.15) is 0 Å². The molecular formula is C29H48N. The predicted molar refractivity (Wildman–Crippen MR) is 130 cm³/mol. The molecule has 0 amide bonds. The number of dihydropyridines is 1. The first-order valence-electron chi connectivity index (χ1n) is 14.0. The molecule has 0 spiro atoms. The van der Waals surface area contributed by atoms with Gasteiger partial charge in [-0.1, -0.05) is 102 Å². The maximum Gasteiger partial charge on any atom is 0.0857 e. The first kappa shape index (κ1) is 22.5. The van der Waals surface area contributed by atoms with Crippen LogP contribution in [0.1, 0.15) is 135 Å². The molecule has 1 N–H and O–H groups in total. The van der Waals surface area contributed by atoms with Gasteiger partial charge in [0.05, 0.1) is 6.04 Å². The minimum atomic E-state index is 0.783. The molecule has 1 heteroatoms. The lowest BCUT2D eigenvalue weighted by molar-refractivity contribution is 0.357. The average Bonchev–Trinajstić information content (AvgIpc) is 2.67. The van der Waals surface area contributed by atoms with E-state index in [9.17, 15) is 0 Å². The summed E-state index contributed by atoms with van der Waals surface area (Å²) in [7, 11) is 0. The summed E-state index contributed by atoms with van der Waals surface area (Å²) in [6, 6.07) is 1.62. The molecule has 0 bridgehead atoms. The summed E-state index contributed by atoms with van der Waals surface area (Å²) in [5.41, 5.74) is 3.33. The lowest BCUT2D eigenvalue weighted by atomic mass is 9.77. The van der Waals surface area contributed by atoms with E-state index >= 15 is 0 Å². The topological polar surface area (TPSA) is 12.0 Å². The van der Waals surface area contributed by atoms with Crippen molar-refractivity contribution in [2.24, 2.45) is 17.8 Å². The van der Waals surface area contributed by atoms with Crippen LogP contribution in [-0.4, -0.2) is 0 Å². The van der Waals surface area contributed by atoms with E-state index in [1.54, 1.807) is 17.3 Å². The minimum absolute atomic E-state index is 0.783. The Hall–Kier alpha value is -0.720. The van der Waals surface area contributed by atoms with Crippen molar-refractivity contribution < 1.29 is 0 Å². The second kappa shape index (κ2) is 12.4. The third-order valence-electron chi connectivity index (χ3n) is 8.60. The molecule has 3 saturated carbocycles. The van der Waals surface area contributed by atoms with Gasteiger partial charge in [-0.2, -0.15) is 0 Å². The summed E-state index contributed by atoms with van der Waals surface area (Å²) in [6.07, 6.45) is 35.6. The van der Waals surface area contributed by atoms with Crippen LogP contribution in [0.15, 0.2) is 23.4 Å². The van der Waals surface area contributed by atoms with Crippen LogP contribution in [0.4, 0.5) is 0 Å². The van der Waals surface area contributed by atoms with Gasteiger partial charge in [-0.05, 0) is 67.9 Å². The highest BCUT2D eigenvalue weighted by Gasteiger charge is 2.30. The smallest absolute Gasteiger partial charge is 0.0857 e. The van der Waals surface area contributed by atoms with Crippen molar-refractivity contribution in [3.63, 3.8) is 0 Å². The maximum absolute atomic E-state index is 4.09. The van der Waals surface area contributed by atoms with Gasteiger partial charge in [0.2, 0.25) is 0 Å². The molecule has 3 fully saturated rings. The Labute approximate surface area is 187 Å². The van der Waals surface area contributed by atoms with E-state index in [-0.39, 0.29) is 0 Å². The van der Waals surface area contributed by atoms with E-state index in [1.165, 1.54) is 135 Å². The number of hydrogen-bond acceptors (Lipinski definition) is 1. The summed E-state index contributed by atoms with van der Waals surface area (Å²) in [4.78, 5) is 0. The molecular weight excluding hydrogens is 362 g/mol.